The summed E-state index contributed by atoms with van der Waals surface area (Å²) in [6.45, 7) is 1.40. The van der Waals surface area contributed by atoms with E-state index in [9.17, 15) is 41.5 Å². The number of hydrogen-bond acceptors (Lipinski definition) is 9. The van der Waals surface area contributed by atoms with Crippen LogP contribution < -0.4 is 9.47 Å². The van der Waals surface area contributed by atoms with Crippen molar-refractivity contribution < 1.29 is 45.7 Å². The van der Waals surface area contributed by atoms with Gasteiger partial charge in [0.25, 0.3) is 0 Å². The summed E-state index contributed by atoms with van der Waals surface area (Å²) in [5.41, 5.74) is -1.08. The summed E-state index contributed by atoms with van der Waals surface area (Å²) < 4.78 is 65.8. The van der Waals surface area contributed by atoms with Crippen molar-refractivity contribution in [1.29, 1.82) is 0 Å². The molecule has 0 radical (unpaired) electrons. The molecule has 138 valence electrons. The highest BCUT2D eigenvalue weighted by Gasteiger charge is 2.49. The fourth-order valence-corrected chi connectivity index (χ4v) is 1.59. The third-order valence-corrected chi connectivity index (χ3v) is 3.59. The zero-order valence-corrected chi connectivity index (χ0v) is 14.4. The van der Waals surface area contributed by atoms with E-state index in [1.807, 2.05) is 0 Å². The van der Waals surface area contributed by atoms with Gasteiger partial charge in [-0.25, -0.2) is 13.2 Å². The zero-order valence-electron chi connectivity index (χ0n) is 12.0. The van der Waals surface area contributed by atoms with Crippen LogP contribution in [0, 0.1) is 10.1 Å². The lowest BCUT2D eigenvalue weighted by molar-refractivity contribution is -0.385. The minimum absolute atomic E-state index is 0.369. The molecule has 25 heavy (non-hydrogen) atoms. The van der Waals surface area contributed by atoms with Crippen molar-refractivity contribution in [2.24, 2.45) is 0 Å². The monoisotopic (exact) mass is 446 g/mol. The normalized spacial score (nSPS) is 13.0. The maximum atomic E-state index is 13.1. The quantitative estimate of drug-likeness (QED) is 0.157. The van der Waals surface area contributed by atoms with Crippen LogP contribution in [0.4, 0.5) is 14.5 Å². The topological polar surface area (TPSA) is 153 Å². The predicted octanol–water partition coefficient (Wildman–Crippen LogP) is 1.33. The molecule has 1 unspecified atom stereocenters. The van der Waals surface area contributed by atoms with E-state index in [4.69, 9.17) is 4.74 Å². The van der Waals surface area contributed by atoms with E-state index < -0.39 is 48.5 Å². The van der Waals surface area contributed by atoms with Gasteiger partial charge < -0.3 is 14.0 Å². The molecular weight excluding hydrogens is 440 g/mol. The maximum Gasteiger partial charge on any atom is 0.429 e. The van der Waals surface area contributed by atoms with E-state index in [0.29, 0.717) is 12.1 Å². The van der Waals surface area contributed by atoms with E-state index in [1.54, 1.807) is 0 Å². The van der Waals surface area contributed by atoms with Crippen LogP contribution in [-0.2, 0) is 19.7 Å². The Morgan fingerprint density at radius 2 is 1.88 bits per heavy atom. The largest absolute Gasteiger partial charge is 0.743 e. The number of halogens is 3. The molecule has 1 aromatic carbocycles. The van der Waals surface area contributed by atoms with Crippen molar-refractivity contribution in [2.45, 2.75) is 17.0 Å². The Morgan fingerprint density at radius 3 is 2.32 bits per heavy atom. The number of rotatable bonds is 6. The molecule has 0 bridgehead atoms. The average Bonchev–Trinajstić information content (AvgIpc) is 2.46. The third kappa shape index (κ3) is 4.90. The molecule has 1 aromatic rings. The van der Waals surface area contributed by atoms with Gasteiger partial charge in [-0.15, -0.1) is 0 Å². The first-order chi connectivity index (χ1) is 11.3. The number of alkyl halides is 3. The van der Waals surface area contributed by atoms with Crippen LogP contribution in [0.5, 0.6) is 11.5 Å². The Bertz CT molecular complexity index is 825. The fraction of sp³-hybridized carbons (Fsp3) is 0.273. The molecule has 0 saturated carbocycles. The molecule has 0 amide bonds. The molecule has 1 atom stereocenters. The lowest BCUT2D eigenvalue weighted by atomic mass is 10.3. The molecule has 0 aliphatic carbocycles. The van der Waals surface area contributed by atoms with Crippen LogP contribution in [0.3, 0.4) is 0 Å². The van der Waals surface area contributed by atoms with Crippen molar-refractivity contribution in [2.75, 3.05) is 0 Å². The maximum absolute atomic E-state index is 13.1. The number of ether oxygens (including phenoxy) is 2. The van der Waals surface area contributed by atoms with Crippen molar-refractivity contribution in [3.05, 3.63) is 28.3 Å². The molecular formula is C11H7BrF2NO9S-. The number of esters is 2. The van der Waals surface area contributed by atoms with Gasteiger partial charge in [0.05, 0.1) is 11.0 Å². The molecule has 0 spiro atoms. The van der Waals surface area contributed by atoms with Crippen LogP contribution in [-0.4, -0.2) is 39.9 Å². The summed E-state index contributed by atoms with van der Waals surface area (Å²) in [4.78, 5) is 31.5. The smallest absolute Gasteiger partial charge is 0.429 e. The molecule has 0 saturated heterocycles. The zero-order chi connectivity index (χ0) is 19.6. The summed E-state index contributed by atoms with van der Waals surface area (Å²) >= 11 is 2.88. The molecule has 0 aliphatic rings. The Morgan fingerprint density at radius 1 is 1.32 bits per heavy atom. The lowest BCUT2D eigenvalue weighted by Crippen LogP contribution is -2.40. The average molecular weight is 447 g/mol. The summed E-state index contributed by atoms with van der Waals surface area (Å²) in [6.07, 6.45) is 0. The van der Waals surface area contributed by atoms with Gasteiger partial charge in [-0.3, -0.25) is 14.9 Å². The van der Waals surface area contributed by atoms with Crippen molar-refractivity contribution >= 4 is 43.7 Å². The Labute approximate surface area is 146 Å². The van der Waals surface area contributed by atoms with Gasteiger partial charge >= 0.3 is 22.9 Å². The van der Waals surface area contributed by atoms with Crippen molar-refractivity contribution in [3.63, 3.8) is 0 Å². The van der Waals surface area contributed by atoms with Gasteiger partial charge in [0.15, 0.2) is 10.1 Å². The van der Waals surface area contributed by atoms with Gasteiger partial charge in [-0.1, -0.05) is 15.9 Å². The van der Waals surface area contributed by atoms with Crippen LogP contribution in [0.25, 0.3) is 0 Å². The highest BCUT2D eigenvalue weighted by atomic mass is 79.9. The Kier molecular flexibility index (Phi) is 6.14. The van der Waals surface area contributed by atoms with E-state index in [1.165, 1.54) is 6.92 Å². The van der Waals surface area contributed by atoms with Gasteiger partial charge in [-0.05, 0) is 19.1 Å². The van der Waals surface area contributed by atoms with E-state index >= 15 is 0 Å². The summed E-state index contributed by atoms with van der Waals surface area (Å²) in [5.74, 6) is -5.09. The molecule has 14 heteroatoms. The predicted molar refractivity (Wildman–Crippen MR) is 77.4 cm³/mol. The highest BCUT2D eigenvalue weighted by Crippen LogP contribution is 2.33. The van der Waals surface area contributed by atoms with Crippen LogP contribution in [0.15, 0.2) is 18.2 Å². The molecule has 1 rings (SSSR count). The number of nitro groups is 1. The number of benzene rings is 1. The minimum atomic E-state index is -6.39. The van der Waals surface area contributed by atoms with Gasteiger partial charge in [0, 0.05) is 0 Å². The lowest BCUT2D eigenvalue weighted by Gasteiger charge is -2.17. The van der Waals surface area contributed by atoms with Gasteiger partial charge in [0.1, 0.15) is 10.6 Å². The first-order valence-corrected chi connectivity index (χ1v) is 8.29. The second kappa shape index (κ2) is 7.37. The van der Waals surface area contributed by atoms with Crippen LogP contribution >= 0.6 is 15.9 Å². The van der Waals surface area contributed by atoms with E-state index in [-0.39, 0.29) is 5.75 Å². The molecule has 0 fully saturated rings. The van der Waals surface area contributed by atoms with Gasteiger partial charge in [0.2, 0.25) is 5.75 Å². The SMILES string of the molecule is CC(Br)C(=O)Oc1ccc(OC(=O)C(F)(F)S(=O)(=O)[O-])c([N+](=O)[O-])c1. The number of nitrogens with zero attached hydrogens (tertiary/aromatic N) is 1. The Balaban J connectivity index is 3.19. The first-order valence-electron chi connectivity index (χ1n) is 5.97. The minimum Gasteiger partial charge on any atom is -0.743 e. The second-order valence-corrected chi connectivity index (χ2v) is 7.08. The Hall–Kier alpha value is -2.19. The molecule has 0 aromatic heterocycles. The molecule has 0 N–H and O–H groups in total. The van der Waals surface area contributed by atoms with Crippen molar-refractivity contribution in [3.8, 4) is 11.5 Å². The molecule has 10 nitrogen and oxygen atoms in total. The van der Waals surface area contributed by atoms with Crippen LogP contribution in [0.2, 0.25) is 0 Å². The summed E-state index contributed by atoms with van der Waals surface area (Å²) in [5, 5.41) is 5.47. The molecule has 0 aliphatic heterocycles. The third-order valence-electron chi connectivity index (χ3n) is 2.42. The van der Waals surface area contributed by atoms with E-state index in [0.717, 1.165) is 6.07 Å². The standard InChI is InChI=1S/C11H8BrF2NO9S/c1-5(12)9(16)23-6-2-3-8(7(4-6)15(18)19)24-10(17)11(13,14)25(20,21)22/h2-5H,1H3,(H,20,21,22)/p-1. The number of nitro benzene ring substituents is 1. The number of carbonyl (C=O) groups is 2. The number of carbonyl (C=O) groups excluding carboxylic acids is 2. The summed E-state index contributed by atoms with van der Waals surface area (Å²) in [7, 11) is -6.39. The molecule has 0 heterocycles. The first kappa shape index (κ1) is 20.9. The fourth-order valence-electron chi connectivity index (χ4n) is 1.25. The van der Waals surface area contributed by atoms with E-state index in [2.05, 4.69) is 20.7 Å². The van der Waals surface area contributed by atoms with Crippen LogP contribution in [0.1, 0.15) is 6.92 Å². The summed E-state index contributed by atoms with van der Waals surface area (Å²) in [6, 6.07) is 2.07. The number of hydrogen-bond donors (Lipinski definition) is 0. The highest BCUT2D eigenvalue weighted by molar-refractivity contribution is 9.10. The second-order valence-electron chi connectivity index (χ2n) is 4.28. The van der Waals surface area contributed by atoms with Crippen molar-refractivity contribution in [1.82, 2.24) is 0 Å². The van der Waals surface area contributed by atoms with Gasteiger partial charge in [-0.2, -0.15) is 8.78 Å².